The molecule has 0 amide bonds. The molecular weight excluding hydrogens is 172 g/mol. The van der Waals surface area contributed by atoms with Gasteiger partial charge >= 0.3 is 0 Å². The number of hydrogen-bond acceptors (Lipinski definition) is 1. The summed E-state index contributed by atoms with van der Waals surface area (Å²) >= 11 is 0. The predicted octanol–water partition coefficient (Wildman–Crippen LogP) is 3.03. The molecule has 0 atom stereocenters. The molecule has 1 aliphatic rings. The van der Waals surface area contributed by atoms with Gasteiger partial charge in [0.15, 0.2) is 0 Å². The smallest absolute Gasteiger partial charge is 0.0920 e. The molecule has 2 nitrogen and oxygen atoms in total. The molecule has 0 bridgehead atoms. The van der Waals surface area contributed by atoms with Gasteiger partial charge in [0, 0.05) is 11.8 Å². The van der Waals surface area contributed by atoms with Crippen LogP contribution in [0, 0.1) is 5.92 Å². The second-order valence-corrected chi connectivity index (χ2v) is 3.74. The summed E-state index contributed by atoms with van der Waals surface area (Å²) in [6.45, 7) is 4.38. The Hall–Kier alpha value is -1.57. The van der Waals surface area contributed by atoms with E-state index >= 15 is 0 Å². The Morgan fingerprint density at radius 1 is 1.21 bits per heavy atom. The largest absolute Gasteiger partial charge is 0.285 e. The van der Waals surface area contributed by atoms with Crippen LogP contribution in [0.15, 0.2) is 30.0 Å². The molecule has 1 heterocycles. The molecule has 0 radical (unpaired) electrons. The van der Waals surface area contributed by atoms with Crippen LogP contribution in [0.4, 0.5) is 0 Å². The number of rotatable bonds is 1. The summed E-state index contributed by atoms with van der Waals surface area (Å²) in [5.41, 5.74) is 3.47. The first-order valence-corrected chi connectivity index (χ1v) is 4.87. The normalized spacial score (nSPS) is 14.9. The van der Waals surface area contributed by atoms with E-state index in [0.29, 0.717) is 5.92 Å². The van der Waals surface area contributed by atoms with Crippen molar-refractivity contribution in [3.63, 3.8) is 0 Å². The van der Waals surface area contributed by atoms with Crippen molar-refractivity contribution in [2.45, 2.75) is 13.8 Å². The Balaban J connectivity index is 2.38. The van der Waals surface area contributed by atoms with Crippen LogP contribution in [0.2, 0.25) is 0 Å². The third kappa shape index (κ3) is 1.69. The number of hydrogen-bond donors (Lipinski definition) is 1. The monoisotopic (exact) mass is 186 g/mol. The number of nitrogens with zero attached hydrogens (tertiary/aromatic N) is 1. The number of aromatic amines is 1. The second-order valence-electron chi connectivity index (χ2n) is 3.74. The molecule has 0 aromatic carbocycles. The molecule has 0 saturated heterocycles. The first-order valence-electron chi connectivity index (χ1n) is 4.87. The van der Waals surface area contributed by atoms with Gasteiger partial charge in [0.05, 0.1) is 5.69 Å². The summed E-state index contributed by atoms with van der Waals surface area (Å²) in [5, 5.41) is 7.03. The van der Waals surface area contributed by atoms with E-state index < -0.39 is 0 Å². The van der Waals surface area contributed by atoms with Crippen molar-refractivity contribution in [1.82, 2.24) is 10.2 Å². The van der Waals surface area contributed by atoms with Crippen LogP contribution in [0.3, 0.4) is 0 Å². The van der Waals surface area contributed by atoms with E-state index in [2.05, 4.69) is 54.4 Å². The van der Waals surface area contributed by atoms with E-state index in [-0.39, 0.29) is 0 Å². The van der Waals surface area contributed by atoms with Gasteiger partial charge in [0.1, 0.15) is 0 Å². The van der Waals surface area contributed by atoms with E-state index in [1.165, 1.54) is 5.57 Å². The topological polar surface area (TPSA) is 28.7 Å². The lowest BCUT2D eigenvalue weighted by Crippen LogP contribution is -1.91. The Bertz CT molecular complexity index is 406. The van der Waals surface area contributed by atoms with Crippen molar-refractivity contribution in [1.29, 1.82) is 0 Å². The molecule has 1 aliphatic carbocycles. The van der Waals surface area contributed by atoms with Crippen LogP contribution in [-0.2, 0) is 0 Å². The van der Waals surface area contributed by atoms with Crippen LogP contribution in [0.25, 0.3) is 12.2 Å². The van der Waals surface area contributed by atoms with Crippen molar-refractivity contribution in [3.05, 3.63) is 41.3 Å². The summed E-state index contributed by atoms with van der Waals surface area (Å²) < 4.78 is 0. The fourth-order valence-corrected chi connectivity index (χ4v) is 1.46. The zero-order valence-electron chi connectivity index (χ0n) is 8.49. The number of fused-ring (bicyclic) bond motifs is 1. The summed E-state index contributed by atoms with van der Waals surface area (Å²) in [6, 6.07) is 0. The third-order valence-corrected chi connectivity index (χ3v) is 2.37. The summed E-state index contributed by atoms with van der Waals surface area (Å²) in [7, 11) is 0. The first-order chi connectivity index (χ1) is 6.77. The van der Waals surface area contributed by atoms with Crippen molar-refractivity contribution in [3.8, 4) is 0 Å². The Labute approximate surface area is 84.0 Å². The molecule has 2 heteroatoms. The van der Waals surface area contributed by atoms with Crippen molar-refractivity contribution < 1.29 is 0 Å². The fourth-order valence-electron chi connectivity index (χ4n) is 1.46. The highest BCUT2D eigenvalue weighted by molar-refractivity contribution is 5.65. The van der Waals surface area contributed by atoms with Crippen LogP contribution in [-0.4, -0.2) is 10.2 Å². The molecule has 1 N–H and O–H groups in total. The van der Waals surface area contributed by atoms with E-state index in [1.54, 1.807) is 0 Å². The summed E-state index contributed by atoms with van der Waals surface area (Å²) in [4.78, 5) is 0. The van der Waals surface area contributed by atoms with Gasteiger partial charge in [-0.2, -0.15) is 5.10 Å². The van der Waals surface area contributed by atoms with E-state index in [1.807, 2.05) is 6.20 Å². The molecule has 1 aromatic heterocycles. The lowest BCUT2D eigenvalue weighted by atomic mass is 10.00. The molecule has 0 saturated carbocycles. The molecule has 72 valence electrons. The number of H-pyrrole nitrogens is 1. The Kier molecular flexibility index (Phi) is 2.35. The SMILES string of the molecule is CC(C)C1=CC=Cc2c[nH]nc2C=C1. The highest BCUT2D eigenvalue weighted by Crippen LogP contribution is 2.18. The van der Waals surface area contributed by atoms with Crippen LogP contribution >= 0.6 is 0 Å². The van der Waals surface area contributed by atoms with Crippen LogP contribution in [0.5, 0.6) is 0 Å². The summed E-state index contributed by atoms with van der Waals surface area (Å²) in [5.74, 6) is 0.552. The maximum absolute atomic E-state index is 4.16. The highest BCUT2D eigenvalue weighted by atomic mass is 15.1. The van der Waals surface area contributed by atoms with Gasteiger partial charge in [-0.3, -0.25) is 5.10 Å². The molecule has 2 rings (SSSR count). The Morgan fingerprint density at radius 3 is 2.86 bits per heavy atom. The van der Waals surface area contributed by atoms with Gasteiger partial charge in [0.25, 0.3) is 0 Å². The second kappa shape index (κ2) is 3.66. The Morgan fingerprint density at radius 2 is 2.07 bits per heavy atom. The quantitative estimate of drug-likeness (QED) is 0.717. The van der Waals surface area contributed by atoms with E-state index in [9.17, 15) is 0 Å². The predicted molar refractivity (Wildman–Crippen MR) is 59.6 cm³/mol. The molecule has 0 fully saturated rings. The molecule has 1 aromatic rings. The zero-order chi connectivity index (χ0) is 9.97. The maximum Gasteiger partial charge on any atom is 0.0920 e. The minimum atomic E-state index is 0.552. The van der Waals surface area contributed by atoms with Gasteiger partial charge in [-0.25, -0.2) is 0 Å². The van der Waals surface area contributed by atoms with Crippen LogP contribution < -0.4 is 0 Å². The molecule has 14 heavy (non-hydrogen) atoms. The zero-order valence-corrected chi connectivity index (χ0v) is 8.49. The first kappa shape index (κ1) is 9.00. The van der Waals surface area contributed by atoms with Gasteiger partial charge < -0.3 is 0 Å². The van der Waals surface area contributed by atoms with E-state index in [0.717, 1.165) is 11.3 Å². The molecule has 0 unspecified atom stereocenters. The average Bonchev–Trinajstić information content (AvgIpc) is 2.51. The minimum absolute atomic E-state index is 0.552. The standard InChI is InChI=1S/C12H14N2/c1-9(2)10-4-3-5-11-8-13-14-12(11)7-6-10/h3-9H,1-2H3,(H,13,14). The minimum Gasteiger partial charge on any atom is -0.285 e. The van der Waals surface area contributed by atoms with Crippen molar-refractivity contribution >= 4 is 12.2 Å². The summed E-state index contributed by atoms with van der Waals surface area (Å²) in [6.07, 6.45) is 12.4. The lowest BCUT2D eigenvalue weighted by Gasteiger charge is -2.05. The molecule has 0 aliphatic heterocycles. The van der Waals surface area contributed by atoms with Gasteiger partial charge in [-0.15, -0.1) is 0 Å². The van der Waals surface area contributed by atoms with Gasteiger partial charge in [-0.1, -0.05) is 38.2 Å². The number of nitrogens with one attached hydrogen (secondary N) is 1. The number of allylic oxidation sites excluding steroid dienone is 4. The van der Waals surface area contributed by atoms with Crippen molar-refractivity contribution in [2.75, 3.05) is 0 Å². The average molecular weight is 186 g/mol. The van der Waals surface area contributed by atoms with Crippen molar-refractivity contribution in [2.24, 2.45) is 5.92 Å². The fraction of sp³-hybridized carbons (Fsp3) is 0.250. The number of aromatic nitrogens is 2. The third-order valence-electron chi connectivity index (χ3n) is 2.37. The molecule has 0 spiro atoms. The maximum atomic E-state index is 4.16. The lowest BCUT2D eigenvalue weighted by molar-refractivity contribution is 0.792. The highest BCUT2D eigenvalue weighted by Gasteiger charge is 2.03. The van der Waals surface area contributed by atoms with Gasteiger partial charge in [-0.05, 0) is 17.6 Å². The molecular formula is C12H14N2. The van der Waals surface area contributed by atoms with E-state index in [4.69, 9.17) is 0 Å². The van der Waals surface area contributed by atoms with Crippen LogP contribution in [0.1, 0.15) is 25.1 Å². The van der Waals surface area contributed by atoms with Gasteiger partial charge in [0.2, 0.25) is 0 Å².